The quantitative estimate of drug-likeness (QED) is 0.456. The molecule has 0 aliphatic carbocycles. The number of nitrogens with zero attached hydrogens (tertiary/aromatic N) is 5. The molecule has 34 heavy (non-hydrogen) atoms. The number of ether oxygens (including phenoxy) is 1. The summed E-state index contributed by atoms with van der Waals surface area (Å²) in [6.07, 6.45) is -0.541. The highest BCUT2D eigenvalue weighted by Crippen LogP contribution is 2.45. The van der Waals surface area contributed by atoms with Crippen LogP contribution in [0.4, 0.5) is 19.0 Å². The molecule has 4 aromatic rings. The Kier molecular flexibility index (Phi) is 4.29. The van der Waals surface area contributed by atoms with Crippen LogP contribution in [0.25, 0.3) is 21.8 Å². The van der Waals surface area contributed by atoms with Crippen LogP contribution in [-0.2, 0) is 13.2 Å². The lowest BCUT2D eigenvalue weighted by molar-refractivity contribution is -0.137. The molecule has 2 aliphatic rings. The SMILES string of the molecule is Cn1ncc2c(N)nc3cnc(C(=O)N4CC[C@@H]5C[C@H]4c4ccc(C(F)(F)F)cc4O5)cc3c21. The molecular formula is C23H19F3N6O2. The molecule has 3 aromatic heterocycles. The Hall–Kier alpha value is -3.89. The fourth-order valence-electron chi connectivity index (χ4n) is 4.97. The van der Waals surface area contributed by atoms with Crippen molar-refractivity contribution in [3.8, 4) is 5.75 Å². The predicted octanol–water partition coefficient (Wildman–Crippen LogP) is 3.86. The van der Waals surface area contributed by atoms with Crippen molar-refractivity contribution in [2.75, 3.05) is 12.3 Å². The van der Waals surface area contributed by atoms with Gasteiger partial charge in [0.2, 0.25) is 0 Å². The normalized spacial score (nSPS) is 19.8. The molecule has 0 radical (unpaired) electrons. The zero-order valence-electron chi connectivity index (χ0n) is 18.0. The first-order valence-corrected chi connectivity index (χ1v) is 10.8. The van der Waals surface area contributed by atoms with Gasteiger partial charge < -0.3 is 15.4 Å². The lowest BCUT2D eigenvalue weighted by atomic mass is 9.89. The van der Waals surface area contributed by atoms with Crippen LogP contribution < -0.4 is 10.5 Å². The molecule has 5 heterocycles. The minimum absolute atomic E-state index is 0.177. The number of rotatable bonds is 1. The number of aryl methyl sites for hydroxylation is 1. The monoisotopic (exact) mass is 468 g/mol. The number of nitrogen functional groups attached to an aromatic ring is 1. The van der Waals surface area contributed by atoms with Crippen molar-refractivity contribution < 1.29 is 22.7 Å². The highest BCUT2D eigenvalue weighted by Gasteiger charge is 2.41. The first-order valence-electron chi connectivity index (χ1n) is 10.8. The van der Waals surface area contributed by atoms with Crippen LogP contribution in [0.15, 0.2) is 36.7 Å². The molecule has 2 atom stereocenters. The Balaban J connectivity index is 1.41. The standard InChI is InChI=1S/C23H19F3N6O2/c1-31-20-14-8-16(28-10-17(14)30-21(27)15(20)9-29-31)22(33)32-5-4-12-7-18(32)13-3-2-11(23(24,25)26)6-19(13)34-12/h2-3,6,8-10,12,18H,4-5,7H2,1H3,(H2,27,30)/t12-,18+/m1/s1. The Bertz CT molecular complexity index is 1480. The highest BCUT2D eigenvalue weighted by molar-refractivity contribution is 6.09. The summed E-state index contributed by atoms with van der Waals surface area (Å²) < 4.78 is 47.1. The number of pyridine rings is 2. The van der Waals surface area contributed by atoms with Gasteiger partial charge in [0.05, 0.1) is 40.4 Å². The van der Waals surface area contributed by atoms with E-state index >= 15 is 0 Å². The second-order valence-corrected chi connectivity index (χ2v) is 8.64. The van der Waals surface area contributed by atoms with Crippen molar-refractivity contribution >= 4 is 33.5 Å². The third-order valence-corrected chi connectivity index (χ3v) is 6.62. The minimum Gasteiger partial charge on any atom is -0.490 e. The number of alkyl halides is 3. The van der Waals surface area contributed by atoms with Crippen molar-refractivity contribution in [3.05, 3.63) is 53.5 Å². The van der Waals surface area contributed by atoms with Gasteiger partial charge in [-0.2, -0.15) is 18.3 Å². The Labute approximate surface area is 191 Å². The van der Waals surface area contributed by atoms with E-state index in [1.165, 1.54) is 12.3 Å². The van der Waals surface area contributed by atoms with E-state index in [1.807, 2.05) is 0 Å². The summed E-state index contributed by atoms with van der Waals surface area (Å²) in [4.78, 5) is 24.0. The lowest BCUT2D eigenvalue weighted by Gasteiger charge is -2.44. The smallest absolute Gasteiger partial charge is 0.416 e. The van der Waals surface area contributed by atoms with Crippen molar-refractivity contribution in [3.63, 3.8) is 0 Å². The van der Waals surface area contributed by atoms with E-state index in [-0.39, 0.29) is 23.5 Å². The average molecular weight is 468 g/mol. The van der Waals surface area contributed by atoms with Gasteiger partial charge in [0.25, 0.3) is 5.91 Å². The van der Waals surface area contributed by atoms with Gasteiger partial charge in [-0.05, 0) is 18.2 Å². The van der Waals surface area contributed by atoms with Gasteiger partial charge in [-0.25, -0.2) is 9.97 Å². The second-order valence-electron chi connectivity index (χ2n) is 8.64. The second kappa shape index (κ2) is 7.05. The molecule has 1 fully saturated rings. The Morgan fingerprint density at radius 3 is 2.82 bits per heavy atom. The number of hydrogen-bond donors (Lipinski definition) is 1. The van der Waals surface area contributed by atoms with Gasteiger partial charge in [-0.3, -0.25) is 9.48 Å². The molecule has 2 bridgehead atoms. The molecule has 2 N–H and O–H groups in total. The number of fused-ring (bicyclic) bond motifs is 7. The van der Waals surface area contributed by atoms with Crippen LogP contribution in [-0.4, -0.2) is 43.2 Å². The largest absolute Gasteiger partial charge is 0.490 e. The predicted molar refractivity (Wildman–Crippen MR) is 117 cm³/mol. The summed E-state index contributed by atoms with van der Waals surface area (Å²) in [6, 6.07) is 4.74. The number of hydrogen-bond acceptors (Lipinski definition) is 6. The first kappa shape index (κ1) is 20.7. The van der Waals surface area contributed by atoms with E-state index in [1.54, 1.807) is 28.9 Å². The lowest BCUT2D eigenvalue weighted by Crippen LogP contribution is -2.46. The molecule has 8 nitrogen and oxygen atoms in total. The van der Waals surface area contributed by atoms with E-state index in [9.17, 15) is 18.0 Å². The van der Waals surface area contributed by atoms with Crippen LogP contribution in [0.2, 0.25) is 0 Å². The summed E-state index contributed by atoms with van der Waals surface area (Å²) in [5.41, 5.74) is 7.35. The zero-order chi connectivity index (χ0) is 23.8. The van der Waals surface area contributed by atoms with E-state index in [0.717, 1.165) is 17.6 Å². The summed E-state index contributed by atoms with van der Waals surface area (Å²) >= 11 is 0. The zero-order valence-corrected chi connectivity index (χ0v) is 18.0. The summed E-state index contributed by atoms with van der Waals surface area (Å²) in [6.45, 7) is 0.412. The van der Waals surface area contributed by atoms with Crippen molar-refractivity contribution in [1.82, 2.24) is 24.6 Å². The maximum atomic E-state index is 13.6. The average Bonchev–Trinajstić information content (AvgIpc) is 3.20. The fraction of sp³-hybridized carbons (Fsp3) is 0.304. The molecule has 0 spiro atoms. The van der Waals surface area contributed by atoms with Gasteiger partial charge in [0.1, 0.15) is 23.4 Å². The Morgan fingerprint density at radius 2 is 2.03 bits per heavy atom. The van der Waals surface area contributed by atoms with Crippen LogP contribution >= 0.6 is 0 Å². The Morgan fingerprint density at radius 1 is 1.21 bits per heavy atom. The number of benzene rings is 1. The molecule has 6 rings (SSSR count). The number of likely N-dealkylation sites (tertiary alicyclic amines) is 1. The van der Waals surface area contributed by atoms with Gasteiger partial charge in [-0.15, -0.1) is 0 Å². The fourth-order valence-corrected chi connectivity index (χ4v) is 4.97. The number of aromatic nitrogens is 4. The van der Waals surface area contributed by atoms with E-state index in [0.29, 0.717) is 47.1 Å². The van der Waals surface area contributed by atoms with Crippen molar-refractivity contribution in [2.45, 2.75) is 31.2 Å². The number of nitrogens with two attached hydrogens (primary N) is 1. The third-order valence-electron chi connectivity index (χ3n) is 6.62. The molecule has 1 amide bonds. The van der Waals surface area contributed by atoms with E-state index < -0.39 is 17.8 Å². The molecular weight excluding hydrogens is 449 g/mol. The van der Waals surface area contributed by atoms with Crippen LogP contribution in [0.5, 0.6) is 5.75 Å². The summed E-state index contributed by atoms with van der Waals surface area (Å²) in [5.74, 6) is 0.206. The number of piperidine rings is 1. The van der Waals surface area contributed by atoms with Gasteiger partial charge in [0.15, 0.2) is 0 Å². The maximum Gasteiger partial charge on any atom is 0.416 e. The number of halogens is 3. The third kappa shape index (κ3) is 3.06. The van der Waals surface area contributed by atoms with Gasteiger partial charge in [-0.1, -0.05) is 6.07 Å². The summed E-state index contributed by atoms with van der Waals surface area (Å²) in [7, 11) is 1.78. The number of anilines is 1. The topological polar surface area (TPSA) is 99.2 Å². The van der Waals surface area contributed by atoms with E-state index in [4.69, 9.17) is 10.5 Å². The molecule has 174 valence electrons. The van der Waals surface area contributed by atoms with Gasteiger partial charge >= 0.3 is 6.18 Å². The van der Waals surface area contributed by atoms with Gasteiger partial charge in [0, 0.05) is 37.4 Å². The summed E-state index contributed by atoms with van der Waals surface area (Å²) in [5, 5.41) is 5.62. The maximum absolute atomic E-state index is 13.6. The molecule has 0 unspecified atom stereocenters. The van der Waals surface area contributed by atoms with E-state index in [2.05, 4.69) is 15.1 Å². The van der Waals surface area contributed by atoms with Crippen molar-refractivity contribution in [1.29, 1.82) is 0 Å². The molecule has 2 aliphatic heterocycles. The van der Waals surface area contributed by atoms with Crippen molar-refractivity contribution in [2.24, 2.45) is 7.05 Å². The number of carbonyl (C=O) groups excluding carboxylic acids is 1. The van der Waals surface area contributed by atoms with Crippen LogP contribution in [0.3, 0.4) is 0 Å². The molecule has 1 saturated heterocycles. The number of carbonyl (C=O) groups is 1. The molecule has 1 aromatic carbocycles. The molecule has 0 saturated carbocycles. The number of amides is 1. The molecule has 11 heteroatoms. The first-order chi connectivity index (χ1) is 16.2. The van der Waals surface area contributed by atoms with Crippen LogP contribution in [0, 0.1) is 0 Å². The minimum atomic E-state index is -4.47. The van der Waals surface area contributed by atoms with Crippen LogP contribution in [0.1, 0.15) is 40.5 Å². The highest BCUT2D eigenvalue weighted by atomic mass is 19.4.